The van der Waals surface area contributed by atoms with Gasteiger partial charge in [0.25, 0.3) is 0 Å². The van der Waals surface area contributed by atoms with Gasteiger partial charge in [0.1, 0.15) is 29.6 Å². The Morgan fingerprint density at radius 3 is 2.74 bits per heavy atom. The van der Waals surface area contributed by atoms with Crippen LogP contribution >= 0.6 is 0 Å². The van der Waals surface area contributed by atoms with E-state index in [1.54, 1.807) is 6.07 Å². The average Bonchev–Trinajstić information content (AvgIpc) is 3.31. The minimum atomic E-state index is -0.00657. The Hall–Kier alpha value is -2.89. The molecule has 6 nitrogen and oxygen atoms in total. The summed E-state index contributed by atoms with van der Waals surface area (Å²) < 4.78 is 11.5. The van der Waals surface area contributed by atoms with Crippen molar-refractivity contribution >= 4 is 5.91 Å². The molecule has 2 aliphatic heterocycles. The van der Waals surface area contributed by atoms with Crippen LogP contribution in [0.2, 0.25) is 0 Å². The van der Waals surface area contributed by atoms with Crippen molar-refractivity contribution in [3.63, 3.8) is 0 Å². The first kappa shape index (κ1) is 17.5. The molecule has 1 atom stereocenters. The maximum absolute atomic E-state index is 12.4. The van der Waals surface area contributed by atoms with Crippen LogP contribution in [-0.4, -0.2) is 40.7 Å². The van der Waals surface area contributed by atoms with Gasteiger partial charge in [0, 0.05) is 48.7 Å². The van der Waals surface area contributed by atoms with Gasteiger partial charge in [-0.15, -0.1) is 0 Å². The minimum absolute atomic E-state index is 0.00657. The first-order valence-corrected chi connectivity index (χ1v) is 9.28. The van der Waals surface area contributed by atoms with Gasteiger partial charge in [0.2, 0.25) is 5.91 Å². The maximum atomic E-state index is 12.4. The number of aromatic hydroxyl groups is 2. The van der Waals surface area contributed by atoms with E-state index in [1.807, 2.05) is 23.1 Å². The van der Waals surface area contributed by atoms with Crippen LogP contribution in [0, 0.1) is 0 Å². The fourth-order valence-corrected chi connectivity index (χ4v) is 3.66. The van der Waals surface area contributed by atoms with Crippen LogP contribution in [0.25, 0.3) is 0 Å². The van der Waals surface area contributed by atoms with Crippen molar-refractivity contribution in [2.75, 3.05) is 19.7 Å². The third kappa shape index (κ3) is 3.79. The molecule has 0 aliphatic carbocycles. The molecule has 1 unspecified atom stereocenters. The van der Waals surface area contributed by atoms with Gasteiger partial charge in [-0.3, -0.25) is 4.79 Å². The fourth-order valence-electron chi connectivity index (χ4n) is 3.66. The van der Waals surface area contributed by atoms with E-state index in [1.165, 1.54) is 12.1 Å². The molecule has 2 aromatic carbocycles. The number of benzene rings is 2. The Balaban J connectivity index is 1.39. The number of rotatable bonds is 5. The van der Waals surface area contributed by atoms with Gasteiger partial charge < -0.3 is 24.6 Å². The Kier molecular flexibility index (Phi) is 4.79. The van der Waals surface area contributed by atoms with Gasteiger partial charge in [0.05, 0.1) is 6.61 Å². The van der Waals surface area contributed by atoms with Crippen LogP contribution in [0.3, 0.4) is 0 Å². The number of carbonyl (C=O) groups is 1. The lowest BCUT2D eigenvalue weighted by Crippen LogP contribution is -2.29. The summed E-state index contributed by atoms with van der Waals surface area (Å²) in [6, 6.07) is 10.1. The Labute approximate surface area is 157 Å². The van der Waals surface area contributed by atoms with Gasteiger partial charge in [-0.2, -0.15) is 0 Å². The van der Waals surface area contributed by atoms with Crippen molar-refractivity contribution < 1.29 is 24.5 Å². The van der Waals surface area contributed by atoms with Gasteiger partial charge in [0.15, 0.2) is 0 Å². The number of carbonyl (C=O) groups excluding carboxylic acids is 1. The van der Waals surface area contributed by atoms with Crippen molar-refractivity contribution in [2.45, 2.75) is 31.8 Å². The summed E-state index contributed by atoms with van der Waals surface area (Å²) in [4.78, 5) is 14.3. The summed E-state index contributed by atoms with van der Waals surface area (Å²) in [5, 5.41) is 19.2. The zero-order valence-electron chi connectivity index (χ0n) is 15.1. The number of nitrogens with zero attached hydrogens (tertiary/aromatic N) is 1. The van der Waals surface area contributed by atoms with Gasteiger partial charge >= 0.3 is 0 Å². The normalized spacial score (nSPS) is 18.2. The Morgan fingerprint density at radius 1 is 1.15 bits per heavy atom. The van der Waals surface area contributed by atoms with E-state index in [0.717, 1.165) is 37.2 Å². The van der Waals surface area contributed by atoms with Crippen LogP contribution in [-0.2, 0) is 11.4 Å². The van der Waals surface area contributed by atoms with Crippen LogP contribution in [0.15, 0.2) is 36.4 Å². The monoisotopic (exact) mass is 369 g/mol. The number of phenols is 2. The van der Waals surface area contributed by atoms with E-state index in [-0.39, 0.29) is 29.9 Å². The standard InChI is InChI=1S/C21H23NO5/c23-16-4-3-14(19(24)10-16)12-26-17-5-6-18-15(13-27-20(18)11-17)9-21(25)22-7-1-2-8-22/h3-6,10-11,15,23-24H,1-2,7-9,12-13H2. The lowest BCUT2D eigenvalue weighted by molar-refractivity contribution is -0.130. The molecule has 2 aromatic rings. The summed E-state index contributed by atoms with van der Waals surface area (Å²) >= 11 is 0. The van der Waals surface area contributed by atoms with Crippen LogP contribution in [0.1, 0.15) is 36.3 Å². The Morgan fingerprint density at radius 2 is 1.96 bits per heavy atom. The molecule has 0 aromatic heterocycles. The summed E-state index contributed by atoms with van der Waals surface area (Å²) in [6.07, 6.45) is 2.68. The van der Waals surface area contributed by atoms with Crippen LogP contribution in [0.4, 0.5) is 0 Å². The molecule has 142 valence electrons. The summed E-state index contributed by atoms with van der Waals surface area (Å²) in [5.41, 5.74) is 1.63. The van der Waals surface area contributed by atoms with E-state index >= 15 is 0 Å². The molecule has 0 radical (unpaired) electrons. The number of hydrogen-bond acceptors (Lipinski definition) is 5. The van der Waals surface area contributed by atoms with Crippen molar-refractivity contribution in [3.8, 4) is 23.0 Å². The number of likely N-dealkylation sites (tertiary alicyclic amines) is 1. The highest BCUT2D eigenvalue weighted by Crippen LogP contribution is 2.39. The third-order valence-electron chi connectivity index (χ3n) is 5.21. The molecule has 2 aliphatic rings. The second-order valence-electron chi connectivity index (χ2n) is 7.10. The summed E-state index contributed by atoms with van der Waals surface area (Å²) in [5.74, 6) is 1.68. The molecular formula is C21H23NO5. The van der Waals surface area contributed by atoms with E-state index in [4.69, 9.17) is 9.47 Å². The van der Waals surface area contributed by atoms with Gasteiger partial charge in [-0.1, -0.05) is 6.07 Å². The number of fused-ring (bicyclic) bond motifs is 1. The second-order valence-corrected chi connectivity index (χ2v) is 7.10. The predicted octanol–water partition coefficient (Wildman–Crippen LogP) is 3.17. The molecule has 1 fully saturated rings. The topological polar surface area (TPSA) is 79.2 Å². The first-order valence-electron chi connectivity index (χ1n) is 9.28. The van der Waals surface area contributed by atoms with Gasteiger partial charge in [-0.25, -0.2) is 0 Å². The molecule has 4 rings (SSSR count). The van der Waals surface area contributed by atoms with Crippen LogP contribution < -0.4 is 9.47 Å². The van der Waals surface area contributed by atoms with Crippen molar-refractivity contribution in [3.05, 3.63) is 47.5 Å². The molecular weight excluding hydrogens is 346 g/mol. The third-order valence-corrected chi connectivity index (χ3v) is 5.21. The molecule has 0 bridgehead atoms. The highest BCUT2D eigenvalue weighted by molar-refractivity contribution is 5.77. The van der Waals surface area contributed by atoms with Gasteiger partial charge in [-0.05, 0) is 31.0 Å². The molecule has 2 heterocycles. The highest BCUT2D eigenvalue weighted by atomic mass is 16.5. The second kappa shape index (κ2) is 7.39. The molecule has 1 saturated heterocycles. The number of amides is 1. The quantitative estimate of drug-likeness (QED) is 0.846. The molecule has 0 saturated carbocycles. The molecule has 27 heavy (non-hydrogen) atoms. The predicted molar refractivity (Wildman–Crippen MR) is 99.2 cm³/mol. The van der Waals surface area contributed by atoms with Crippen molar-refractivity contribution in [1.29, 1.82) is 0 Å². The van der Waals surface area contributed by atoms with Crippen molar-refractivity contribution in [1.82, 2.24) is 4.90 Å². The Bertz CT molecular complexity index is 844. The number of ether oxygens (including phenoxy) is 2. The highest BCUT2D eigenvalue weighted by Gasteiger charge is 2.29. The maximum Gasteiger partial charge on any atom is 0.223 e. The molecule has 1 amide bonds. The smallest absolute Gasteiger partial charge is 0.223 e. The largest absolute Gasteiger partial charge is 0.508 e. The minimum Gasteiger partial charge on any atom is -0.508 e. The summed E-state index contributed by atoms with van der Waals surface area (Å²) in [7, 11) is 0. The van der Waals surface area contributed by atoms with E-state index in [9.17, 15) is 15.0 Å². The lowest BCUT2D eigenvalue weighted by Gasteiger charge is -2.17. The van der Waals surface area contributed by atoms with E-state index in [0.29, 0.717) is 24.3 Å². The fraction of sp³-hybridized carbons (Fsp3) is 0.381. The zero-order chi connectivity index (χ0) is 18.8. The van der Waals surface area contributed by atoms with Crippen LogP contribution in [0.5, 0.6) is 23.0 Å². The zero-order valence-corrected chi connectivity index (χ0v) is 15.1. The number of hydrogen-bond donors (Lipinski definition) is 2. The van der Waals surface area contributed by atoms with E-state index < -0.39 is 0 Å². The molecule has 6 heteroatoms. The van der Waals surface area contributed by atoms with E-state index in [2.05, 4.69) is 0 Å². The lowest BCUT2D eigenvalue weighted by atomic mass is 9.97. The SMILES string of the molecule is O=C(CC1COc2cc(OCc3ccc(O)cc3O)ccc21)N1CCCC1. The van der Waals surface area contributed by atoms with Crippen molar-refractivity contribution in [2.24, 2.45) is 0 Å². The molecule has 2 N–H and O–H groups in total. The molecule has 0 spiro atoms. The average molecular weight is 369 g/mol. The number of phenolic OH excluding ortho intramolecular Hbond substituents is 2. The summed E-state index contributed by atoms with van der Waals surface area (Å²) in [6.45, 7) is 2.44. The first-order chi connectivity index (χ1) is 13.1.